The summed E-state index contributed by atoms with van der Waals surface area (Å²) in [6, 6.07) is 16.6. The second kappa shape index (κ2) is 10.1. The summed E-state index contributed by atoms with van der Waals surface area (Å²) in [4.78, 5) is 16.9. The van der Waals surface area contributed by atoms with Crippen LogP contribution in [0.3, 0.4) is 0 Å². The minimum absolute atomic E-state index is 0.247. The van der Waals surface area contributed by atoms with Gasteiger partial charge in [0.05, 0.1) is 0 Å². The lowest BCUT2D eigenvalue weighted by atomic mass is 10.1. The Labute approximate surface area is 168 Å². The highest BCUT2D eigenvalue weighted by Gasteiger charge is 2.19. The zero-order chi connectivity index (χ0) is 19.8. The third-order valence-corrected chi connectivity index (χ3v) is 5.46. The van der Waals surface area contributed by atoms with Crippen LogP contribution in [0.1, 0.15) is 23.1 Å². The Balaban J connectivity index is 1.36. The highest BCUT2D eigenvalue weighted by Crippen LogP contribution is 2.17. The molecule has 0 radical (unpaired) electrons. The van der Waals surface area contributed by atoms with E-state index in [-0.39, 0.29) is 5.91 Å². The highest BCUT2D eigenvalue weighted by atomic mass is 16.2. The lowest BCUT2D eigenvalue weighted by Crippen LogP contribution is -2.48. The van der Waals surface area contributed by atoms with Gasteiger partial charge < -0.3 is 10.2 Å². The summed E-state index contributed by atoms with van der Waals surface area (Å²) in [5, 5.41) is 3.41. The summed E-state index contributed by atoms with van der Waals surface area (Å²) in [5.41, 5.74) is 4.89. The Kier molecular flexibility index (Phi) is 7.26. The molecule has 0 saturated carbocycles. The van der Waals surface area contributed by atoms with E-state index in [9.17, 15) is 4.79 Å². The van der Waals surface area contributed by atoms with Crippen molar-refractivity contribution in [2.24, 2.45) is 0 Å². The van der Waals surface area contributed by atoms with Crippen molar-refractivity contribution in [3.05, 3.63) is 71.3 Å². The van der Waals surface area contributed by atoms with Gasteiger partial charge in [-0.1, -0.05) is 54.6 Å². The van der Waals surface area contributed by atoms with Gasteiger partial charge >= 0.3 is 0 Å². The second-order valence-corrected chi connectivity index (χ2v) is 7.42. The molecule has 1 fully saturated rings. The van der Waals surface area contributed by atoms with E-state index in [1.807, 2.05) is 11.0 Å². The number of nitrogens with zero attached hydrogens (tertiary/aromatic N) is 2. The molecule has 0 atom stereocenters. The fourth-order valence-corrected chi connectivity index (χ4v) is 3.49. The Morgan fingerprint density at radius 2 is 1.75 bits per heavy atom. The molecule has 0 aliphatic carbocycles. The quantitative estimate of drug-likeness (QED) is 0.793. The van der Waals surface area contributed by atoms with E-state index >= 15 is 0 Å². The van der Waals surface area contributed by atoms with E-state index in [0.717, 1.165) is 38.4 Å². The minimum atomic E-state index is 0.247. The number of carbonyl (C=O) groups is 1. The zero-order valence-electron chi connectivity index (χ0n) is 17.0. The molecule has 148 valence electrons. The number of rotatable bonds is 7. The van der Waals surface area contributed by atoms with Crippen LogP contribution in [0.5, 0.6) is 0 Å². The summed E-state index contributed by atoms with van der Waals surface area (Å²) in [5.74, 6) is 0.247. The van der Waals surface area contributed by atoms with Crippen molar-refractivity contribution in [3.63, 3.8) is 0 Å². The third kappa shape index (κ3) is 5.70. The summed E-state index contributed by atoms with van der Waals surface area (Å²) in [7, 11) is 0. The molecule has 0 unspecified atom stereocenters. The molecule has 2 aromatic carbocycles. The van der Waals surface area contributed by atoms with Gasteiger partial charge in [0.25, 0.3) is 0 Å². The van der Waals surface area contributed by atoms with E-state index in [0.29, 0.717) is 13.0 Å². The van der Waals surface area contributed by atoms with Crippen LogP contribution in [-0.2, 0) is 4.79 Å². The Hall–Kier alpha value is -2.59. The lowest BCUT2D eigenvalue weighted by molar-refractivity contribution is -0.132. The number of benzene rings is 2. The zero-order valence-corrected chi connectivity index (χ0v) is 17.0. The van der Waals surface area contributed by atoms with Gasteiger partial charge in [-0.15, -0.1) is 0 Å². The first-order chi connectivity index (χ1) is 13.6. The predicted octanol–water partition coefficient (Wildman–Crippen LogP) is 3.96. The summed E-state index contributed by atoms with van der Waals surface area (Å²) in [6.07, 6.45) is 4.92. The average Bonchev–Trinajstić information content (AvgIpc) is 2.72. The summed E-state index contributed by atoms with van der Waals surface area (Å²) >= 11 is 0. The van der Waals surface area contributed by atoms with Gasteiger partial charge in [-0.3, -0.25) is 9.69 Å². The molecule has 1 saturated heterocycles. The van der Waals surface area contributed by atoms with Crippen molar-refractivity contribution >= 4 is 17.7 Å². The molecule has 28 heavy (non-hydrogen) atoms. The van der Waals surface area contributed by atoms with Gasteiger partial charge in [0.15, 0.2) is 0 Å². The average molecular weight is 378 g/mol. The van der Waals surface area contributed by atoms with E-state index < -0.39 is 0 Å². The molecule has 2 aromatic rings. The van der Waals surface area contributed by atoms with Crippen molar-refractivity contribution in [1.82, 2.24) is 9.80 Å². The van der Waals surface area contributed by atoms with E-state index in [1.165, 1.54) is 16.7 Å². The van der Waals surface area contributed by atoms with Crippen LogP contribution in [0.25, 0.3) is 6.08 Å². The predicted molar refractivity (Wildman–Crippen MR) is 118 cm³/mol. The molecule has 1 amide bonds. The number of hydrogen-bond acceptors (Lipinski definition) is 3. The molecule has 0 aromatic heterocycles. The number of carbonyl (C=O) groups excluding carboxylic acids is 1. The van der Waals surface area contributed by atoms with Gasteiger partial charge in [-0.25, -0.2) is 0 Å². The molecule has 1 N–H and O–H groups in total. The van der Waals surface area contributed by atoms with Gasteiger partial charge in [0, 0.05) is 51.4 Å². The number of hydrogen-bond donors (Lipinski definition) is 1. The normalized spacial score (nSPS) is 15.1. The maximum absolute atomic E-state index is 12.5. The first kappa shape index (κ1) is 20.2. The molecule has 1 heterocycles. The molecular weight excluding hydrogens is 346 g/mol. The van der Waals surface area contributed by atoms with Crippen LogP contribution in [0.4, 0.5) is 5.69 Å². The van der Waals surface area contributed by atoms with Gasteiger partial charge in [-0.2, -0.15) is 0 Å². The molecule has 4 nitrogen and oxygen atoms in total. The molecule has 4 heteroatoms. The standard InChI is InChI=1S/C24H31N3O/c1-20-8-6-12-23(21(20)2)25-14-13-24(28)27-18-16-26(17-19-27)15-7-11-22-9-4-3-5-10-22/h3-12,25H,13-19H2,1-2H3/b11-7+. The molecule has 3 rings (SSSR count). The second-order valence-electron chi connectivity index (χ2n) is 7.42. The number of nitrogens with one attached hydrogen (secondary N) is 1. The molecule has 1 aliphatic rings. The first-order valence-corrected chi connectivity index (χ1v) is 10.2. The summed E-state index contributed by atoms with van der Waals surface area (Å²) < 4.78 is 0. The van der Waals surface area contributed by atoms with Gasteiger partial charge in [0.1, 0.15) is 0 Å². The van der Waals surface area contributed by atoms with Gasteiger partial charge in [0.2, 0.25) is 5.91 Å². The Morgan fingerprint density at radius 1 is 1.00 bits per heavy atom. The van der Waals surface area contributed by atoms with Crippen LogP contribution in [0.2, 0.25) is 0 Å². The monoisotopic (exact) mass is 377 g/mol. The number of piperazine rings is 1. The SMILES string of the molecule is Cc1cccc(NCCC(=O)N2CCN(C/C=C/c3ccccc3)CC2)c1C. The van der Waals surface area contributed by atoms with Crippen molar-refractivity contribution in [2.45, 2.75) is 20.3 Å². The van der Waals surface area contributed by atoms with E-state index in [4.69, 9.17) is 0 Å². The Morgan fingerprint density at radius 3 is 2.50 bits per heavy atom. The first-order valence-electron chi connectivity index (χ1n) is 10.2. The van der Waals surface area contributed by atoms with E-state index in [1.54, 1.807) is 0 Å². The van der Waals surface area contributed by atoms with Crippen LogP contribution in [0, 0.1) is 13.8 Å². The topological polar surface area (TPSA) is 35.6 Å². The molecular formula is C24H31N3O. The van der Waals surface area contributed by atoms with Crippen molar-refractivity contribution in [3.8, 4) is 0 Å². The van der Waals surface area contributed by atoms with Crippen molar-refractivity contribution in [1.29, 1.82) is 0 Å². The van der Waals surface area contributed by atoms with Crippen LogP contribution in [-0.4, -0.2) is 55.0 Å². The fraction of sp³-hybridized carbons (Fsp3) is 0.375. The van der Waals surface area contributed by atoms with Crippen LogP contribution >= 0.6 is 0 Å². The van der Waals surface area contributed by atoms with Crippen molar-refractivity contribution in [2.75, 3.05) is 44.6 Å². The fourth-order valence-electron chi connectivity index (χ4n) is 3.49. The van der Waals surface area contributed by atoms with Crippen LogP contribution in [0.15, 0.2) is 54.6 Å². The maximum atomic E-state index is 12.5. The molecule has 0 spiro atoms. The third-order valence-electron chi connectivity index (χ3n) is 5.46. The summed E-state index contributed by atoms with van der Waals surface area (Å²) in [6.45, 7) is 9.37. The van der Waals surface area contributed by atoms with E-state index in [2.05, 4.69) is 78.7 Å². The number of anilines is 1. The largest absolute Gasteiger partial charge is 0.384 e. The smallest absolute Gasteiger partial charge is 0.224 e. The highest BCUT2D eigenvalue weighted by molar-refractivity contribution is 5.77. The molecule has 0 bridgehead atoms. The van der Waals surface area contributed by atoms with Crippen molar-refractivity contribution < 1.29 is 4.79 Å². The minimum Gasteiger partial charge on any atom is -0.384 e. The molecule has 1 aliphatic heterocycles. The Bertz CT molecular complexity index is 793. The van der Waals surface area contributed by atoms with Crippen LogP contribution < -0.4 is 5.32 Å². The number of amides is 1. The number of aryl methyl sites for hydroxylation is 1. The van der Waals surface area contributed by atoms with Gasteiger partial charge in [-0.05, 0) is 36.6 Å². The lowest BCUT2D eigenvalue weighted by Gasteiger charge is -2.34. The maximum Gasteiger partial charge on any atom is 0.224 e.